The number of hydrogen-bond acceptors (Lipinski definition) is 3. The highest BCUT2D eigenvalue weighted by Crippen LogP contribution is 2.33. The van der Waals surface area contributed by atoms with E-state index in [0.29, 0.717) is 12.0 Å². The van der Waals surface area contributed by atoms with Crippen LogP contribution in [0, 0.1) is 5.92 Å². The van der Waals surface area contributed by atoms with Crippen LogP contribution in [0.4, 0.5) is 0 Å². The monoisotopic (exact) mass is 273 g/mol. The maximum Gasteiger partial charge on any atom is 0.0372 e. The lowest BCUT2D eigenvalue weighted by Crippen LogP contribution is -2.63. The Morgan fingerprint density at radius 3 is 2.30 bits per heavy atom. The summed E-state index contributed by atoms with van der Waals surface area (Å²) < 4.78 is 0. The summed E-state index contributed by atoms with van der Waals surface area (Å²) in [6.45, 7) is 11.9. The van der Waals surface area contributed by atoms with Crippen molar-refractivity contribution in [1.82, 2.24) is 15.1 Å². The number of hydrogen-bond donors (Lipinski definition) is 1. The second-order valence-corrected chi connectivity index (χ2v) is 6.49. The van der Waals surface area contributed by atoms with Crippen molar-refractivity contribution in [3.05, 3.63) is 35.9 Å². The second kappa shape index (κ2) is 6.25. The Morgan fingerprint density at radius 2 is 1.70 bits per heavy atom. The average Bonchev–Trinajstić information content (AvgIpc) is 2.43. The minimum Gasteiger partial charge on any atom is -0.314 e. The molecule has 0 aliphatic carbocycles. The molecule has 1 unspecified atom stereocenters. The van der Waals surface area contributed by atoms with Gasteiger partial charge < -0.3 is 5.32 Å². The molecular weight excluding hydrogens is 246 g/mol. The second-order valence-electron chi connectivity index (χ2n) is 6.49. The summed E-state index contributed by atoms with van der Waals surface area (Å²) in [7, 11) is 0. The van der Waals surface area contributed by atoms with E-state index in [-0.39, 0.29) is 0 Å². The van der Waals surface area contributed by atoms with Gasteiger partial charge in [-0.15, -0.1) is 0 Å². The van der Waals surface area contributed by atoms with Gasteiger partial charge in [0.15, 0.2) is 0 Å². The Kier molecular flexibility index (Phi) is 4.39. The van der Waals surface area contributed by atoms with Gasteiger partial charge in [0.2, 0.25) is 0 Å². The van der Waals surface area contributed by atoms with Gasteiger partial charge in [-0.1, -0.05) is 44.2 Å². The Bertz CT molecular complexity index is 406. The Balaban J connectivity index is 1.61. The van der Waals surface area contributed by atoms with Crippen LogP contribution in [0.15, 0.2) is 30.3 Å². The molecule has 0 radical (unpaired) electrons. The Morgan fingerprint density at radius 1 is 1.05 bits per heavy atom. The van der Waals surface area contributed by atoms with E-state index in [1.165, 1.54) is 31.7 Å². The number of piperazine rings is 1. The van der Waals surface area contributed by atoms with Crippen LogP contribution in [-0.2, 0) is 0 Å². The smallest absolute Gasteiger partial charge is 0.0372 e. The van der Waals surface area contributed by atoms with E-state index in [9.17, 15) is 0 Å². The first-order chi connectivity index (χ1) is 9.75. The third-order valence-electron chi connectivity index (χ3n) is 4.72. The van der Waals surface area contributed by atoms with E-state index < -0.39 is 0 Å². The van der Waals surface area contributed by atoms with Crippen LogP contribution in [0.5, 0.6) is 0 Å². The summed E-state index contributed by atoms with van der Waals surface area (Å²) in [6, 6.07) is 12.4. The first-order valence-electron chi connectivity index (χ1n) is 7.99. The van der Waals surface area contributed by atoms with Crippen LogP contribution in [0.25, 0.3) is 0 Å². The normalized spacial score (nSPS) is 23.8. The van der Waals surface area contributed by atoms with Gasteiger partial charge in [0.05, 0.1) is 0 Å². The maximum absolute atomic E-state index is 3.44. The molecule has 0 saturated carbocycles. The van der Waals surface area contributed by atoms with E-state index in [0.717, 1.165) is 19.1 Å². The molecule has 3 heteroatoms. The predicted molar refractivity (Wildman–Crippen MR) is 83.8 cm³/mol. The molecule has 3 rings (SSSR count). The van der Waals surface area contributed by atoms with Gasteiger partial charge in [0, 0.05) is 51.4 Å². The van der Waals surface area contributed by atoms with E-state index in [1.807, 2.05) is 0 Å². The highest BCUT2D eigenvalue weighted by atomic mass is 15.3. The SMILES string of the molecule is CC(C)C(c1ccccc1)N1CC(N2CCNCC2)C1. The molecule has 2 heterocycles. The summed E-state index contributed by atoms with van der Waals surface area (Å²) in [5, 5.41) is 3.44. The summed E-state index contributed by atoms with van der Waals surface area (Å²) in [4.78, 5) is 5.32. The number of benzene rings is 1. The lowest BCUT2D eigenvalue weighted by atomic mass is 9.90. The van der Waals surface area contributed by atoms with Crippen LogP contribution >= 0.6 is 0 Å². The topological polar surface area (TPSA) is 18.5 Å². The van der Waals surface area contributed by atoms with Crippen molar-refractivity contribution < 1.29 is 0 Å². The number of rotatable bonds is 4. The number of nitrogens with zero attached hydrogens (tertiary/aromatic N) is 2. The quantitative estimate of drug-likeness (QED) is 0.905. The summed E-state index contributed by atoms with van der Waals surface area (Å²) in [6.07, 6.45) is 0. The predicted octanol–water partition coefficient (Wildman–Crippen LogP) is 1.97. The van der Waals surface area contributed by atoms with Crippen molar-refractivity contribution in [2.45, 2.75) is 25.9 Å². The van der Waals surface area contributed by atoms with Crippen molar-refractivity contribution in [3.8, 4) is 0 Å². The minimum absolute atomic E-state index is 0.579. The fourth-order valence-corrected chi connectivity index (χ4v) is 3.66. The van der Waals surface area contributed by atoms with Gasteiger partial charge in [-0.05, 0) is 11.5 Å². The minimum atomic E-state index is 0.579. The maximum atomic E-state index is 3.44. The highest BCUT2D eigenvalue weighted by Gasteiger charge is 2.37. The van der Waals surface area contributed by atoms with Crippen LogP contribution in [-0.4, -0.2) is 55.1 Å². The highest BCUT2D eigenvalue weighted by molar-refractivity contribution is 5.20. The first kappa shape index (κ1) is 14.1. The molecule has 0 bridgehead atoms. The van der Waals surface area contributed by atoms with E-state index in [4.69, 9.17) is 0 Å². The lowest BCUT2D eigenvalue weighted by Gasteiger charge is -2.51. The van der Waals surface area contributed by atoms with Gasteiger partial charge in [0.25, 0.3) is 0 Å². The molecular formula is C17H27N3. The molecule has 0 amide bonds. The third-order valence-corrected chi connectivity index (χ3v) is 4.72. The van der Waals surface area contributed by atoms with Crippen LogP contribution in [0.2, 0.25) is 0 Å². The molecule has 1 aromatic carbocycles. The first-order valence-corrected chi connectivity index (χ1v) is 7.99. The van der Waals surface area contributed by atoms with Gasteiger partial charge in [-0.2, -0.15) is 0 Å². The van der Waals surface area contributed by atoms with E-state index in [2.05, 4.69) is 59.3 Å². The molecule has 0 spiro atoms. The zero-order valence-corrected chi connectivity index (χ0v) is 12.8. The van der Waals surface area contributed by atoms with E-state index in [1.54, 1.807) is 0 Å². The molecule has 110 valence electrons. The van der Waals surface area contributed by atoms with E-state index >= 15 is 0 Å². The molecule has 2 saturated heterocycles. The summed E-state index contributed by atoms with van der Waals surface area (Å²) in [5.41, 5.74) is 1.47. The molecule has 0 aromatic heterocycles. The summed E-state index contributed by atoms with van der Waals surface area (Å²) in [5.74, 6) is 0.668. The van der Waals surface area contributed by atoms with Crippen molar-refractivity contribution >= 4 is 0 Å². The van der Waals surface area contributed by atoms with Crippen molar-refractivity contribution in [1.29, 1.82) is 0 Å². The molecule has 2 fully saturated rings. The average molecular weight is 273 g/mol. The number of likely N-dealkylation sites (tertiary alicyclic amines) is 1. The molecule has 2 aliphatic rings. The standard InChI is InChI=1S/C17H27N3/c1-14(2)17(15-6-4-3-5-7-15)20-12-16(13-20)19-10-8-18-9-11-19/h3-7,14,16-18H,8-13H2,1-2H3. The van der Waals surface area contributed by atoms with Crippen LogP contribution in [0.3, 0.4) is 0 Å². The van der Waals surface area contributed by atoms with Crippen LogP contribution < -0.4 is 5.32 Å². The Hall–Kier alpha value is -0.900. The molecule has 1 atom stereocenters. The van der Waals surface area contributed by atoms with Crippen molar-refractivity contribution in [3.63, 3.8) is 0 Å². The zero-order chi connectivity index (χ0) is 13.9. The largest absolute Gasteiger partial charge is 0.314 e. The third kappa shape index (κ3) is 2.90. The molecule has 2 aliphatic heterocycles. The molecule has 20 heavy (non-hydrogen) atoms. The van der Waals surface area contributed by atoms with Gasteiger partial charge in [0.1, 0.15) is 0 Å². The molecule has 1 N–H and O–H groups in total. The van der Waals surface area contributed by atoms with Crippen molar-refractivity contribution in [2.24, 2.45) is 5.92 Å². The van der Waals surface area contributed by atoms with Gasteiger partial charge in [-0.25, -0.2) is 0 Å². The fourth-order valence-electron chi connectivity index (χ4n) is 3.66. The lowest BCUT2D eigenvalue weighted by molar-refractivity contribution is -0.0140. The fraction of sp³-hybridized carbons (Fsp3) is 0.647. The van der Waals surface area contributed by atoms with Gasteiger partial charge >= 0.3 is 0 Å². The van der Waals surface area contributed by atoms with Crippen molar-refractivity contribution in [2.75, 3.05) is 39.3 Å². The summed E-state index contributed by atoms with van der Waals surface area (Å²) >= 11 is 0. The molecule has 3 nitrogen and oxygen atoms in total. The molecule has 1 aromatic rings. The zero-order valence-electron chi connectivity index (χ0n) is 12.8. The van der Waals surface area contributed by atoms with Gasteiger partial charge in [-0.3, -0.25) is 9.80 Å². The Labute approximate surface area is 123 Å². The van der Waals surface area contributed by atoms with Crippen LogP contribution in [0.1, 0.15) is 25.5 Å². The number of nitrogens with one attached hydrogen (secondary N) is 1.